The Hall–Kier alpha value is -6.14. The van der Waals surface area contributed by atoms with Gasteiger partial charge in [-0.05, 0) is 144 Å². The van der Waals surface area contributed by atoms with Crippen molar-refractivity contribution in [3.05, 3.63) is 197 Å². The molecule has 0 amide bonds. The van der Waals surface area contributed by atoms with E-state index >= 15 is 0 Å². The number of hydrogen-bond donors (Lipinski definition) is 3. The van der Waals surface area contributed by atoms with Crippen LogP contribution in [0.3, 0.4) is 0 Å². The first kappa shape index (κ1) is 35.9. The highest BCUT2D eigenvalue weighted by Gasteiger charge is 2.37. The van der Waals surface area contributed by atoms with E-state index < -0.39 is 0 Å². The summed E-state index contributed by atoms with van der Waals surface area (Å²) in [5.41, 5.74) is 15.7. The molecule has 0 saturated heterocycles. The monoisotopic (exact) mass is 722 g/mol. The van der Waals surface area contributed by atoms with Gasteiger partial charge in [-0.3, -0.25) is 0 Å². The SMILES string of the molecule is Cc1cccc(N(c2ccccc2)c2ccc3c(c2)C(C)(C)c2cc(N(c4ccccc4)c4cccc(CCc5cc(CO)c(O)c(CO)c5)c4)ccc2-3)c1. The van der Waals surface area contributed by atoms with Crippen molar-refractivity contribution in [3.8, 4) is 16.9 Å². The molecule has 0 bridgehead atoms. The molecule has 0 saturated carbocycles. The number of anilines is 6. The Bertz CT molecular complexity index is 2450. The molecule has 0 fully saturated rings. The number of aliphatic hydroxyl groups excluding tert-OH is 2. The van der Waals surface area contributed by atoms with Crippen LogP contribution in [0.1, 0.15) is 52.8 Å². The molecule has 274 valence electrons. The summed E-state index contributed by atoms with van der Waals surface area (Å²) in [6.07, 6.45) is 1.46. The molecular weight excluding hydrogens is 677 g/mol. The third kappa shape index (κ3) is 6.89. The highest BCUT2D eigenvalue weighted by atomic mass is 16.3. The molecule has 1 aliphatic carbocycles. The van der Waals surface area contributed by atoms with Crippen molar-refractivity contribution in [2.24, 2.45) is 0 Å². The molecule has 0 spiro atoms. The quantitative estimate of drug-likeness (QED) is 0.124. The molecule has 0 radical (unpaired) electrons. The summed E-state index contributed by atoms with van der Waals surface area (Å²) in [6.45, 7) is 6.26. The van der Waals surface area contributed by atoms with Gasteiger partial charge in [0.25, 0.3) is 0 Å². The zero-order chi connectivity index (χ0) is 38.1. The number of aliphatic hydroxyl groups is 2. The smallest absolute Gasteiger partial charge is 0.126 e. The fourth-order valence-corrected chi connectivity index (χ4v) is 8.16. The van der Waals surface area contributed by atoms with Crippen LogP contribution in [0.5, 0.6) is 5.75 Å². The summed E-state index contributed by atoms with van der Waals surface area (Å²) in [7, 11) is 0. The molecule has 3 N–H and O–H groups in total. The first-order valence-corrected chi connectivity index (χ1v) is 19.0. The van der Waals surface area contributed by atoms with Gasteiger partial charge in [0.1, 0.15) is 5.75 Å². The average Bonchev–Trinajstić information content (AvgIpc) is 3.43. The van der Waals surface area contributed by atoms with E-state index in [1.54, 1.807) is 0 Å². The maximum atomic E-state index is 10.4. The minimum atomic E-state index is -0.280. The Morgan fingerprint density at radius 1 is 0.455 bits per heavy atom. The van der Waals surface area contributed by atoms with Crippen LogP contribution in [0.4, 0.5) is 34.1 Å². The van der Waals surface area contributed by atoms with Gasteiger partial charge < -0.3 is 25.1 Å². The molecule has 0 atom stereocenters. The van der Waals surface area contributed by atoms with Crippen molar-refractivity contribution in [1.82, 2.24) is 0 Å². The fourth-order valence-electron chi connectivity index (χ4n) is 8.16. The first-order chi connectivity index (χ1) is 26.7. The number of para-hydroxylation sites is 2. The zero-order valence-electron chi connectivity index (χ0n) is 31.6. The van der Waals surface area contributed by atoms with E-state index in [1.165, 1.54) is 33.4 Å². The number of phenols is 1. The number of hydrogen-bond acceptors (Lipinski definition) is 5. The third-order valence-corrected chi connectivity index (χ3v) is 11.0. The van der Waals surface area contributed by atoms with Gasteiger partial charge in [-0.15, -0.1) is 0 Å². The van der Waals surface area contributed by atoms with E-state index in [0.717, 1.165) is 46.1 Å². The van der Waals surface area contributed by atoms with Crippen LogP contribution in [0.2, 0.25) is 0 Å². The normalized spacial score (nSPS) is 12.6. The van der Waals surface area contributed by atoms with Crippen LogP contribution in [-0.2, 0) is 31.5 Å². The molecular formula is C50H46N2O3. The molecule has 7 aromatic rings. The van der Waals surface area contributed by atoms with E-state index in [-0.39, 0.29) is 24.4 Å². The third-order valence-electron chi connectivity index (χ3n) is 11.0. The first-order valence-electron chi connectivity index (χ1n) is 19.0. The van der Waals surface area contributed by atoms with Crippen LogP contribution < -0.4 is 9.80 Å². The Morgan fingerprint density at radius 3 is 1.42 bits per heavy atom. The van der Waals surface area contributed by atoms with Gasteiger partial charge in [-0.1, -0.05) is 86.6 Å². The van der Waals surface area contributed by atoms with Gasteiger partial charge in [-0.25, -0.2) is 0 Å². The molecule has 5 heteroatoms. The lowest BCUT2D eigenvalue weighted by Crippen LogP contribution is -2.17. The van der Waals surface area contributed by atoms with Crippen molar-refractivity contribution < 1.29 is 15.3 Å². The van der Waals surface area contributed by atoms with Crippen molar-refractivity contribution in [1.29, 1.82) is 0 Å². The summed E-state index contributed by atoms with van der Waals surface area (Å²) in [5.74, 6) is -0.0354. The number of aromatic hydroxyl groups is 1. The fraction of sp³-hybridized carbons (Fsp3) is 0.160. The van der Waals surface area contributed by atoms with Crippen LogP contribution in [-0.4, -0.2) is 15.3 Å². The van der Waals surface area contributed by atoms with E-state index in [1.807, 2.05) is 18.2 Å². The van der Waals surface area contributed by atoms with Crippen molar-refractivity contribution >= 4 is 34.1 Å². The lowest BCUT2D eigenvalue weighted by atomic mass is 9.82. The van der Waals surface area contributed by atoms with Gasteiger partial charge in [0.2, 0.25) is 0 Å². The van der Waals surface area contributed by atoms with Crippen LogP contribution >= 0.6 is 0 Å². The summed E-state index contributed by atoms with van der Waals surface area (Å²) in [6, 6.07) is 55.9. The van der Waals surface area contributed by atoms with Crippen molar-refractivity contribution in [2.45, 2.75) is 52.2 Å². The number of rotatable bonds is 11. The Labute approximate surface area is 324 Å². The summed E-state index contributed by atoms with van der Waals surface area (Å²) < 4.78 is 0. The average molecular weight is 723 g/mol. The van der Waals surface area contributed by atoms with E-state index in [2.05, 4.69) is 170 Å². The molecule has 0 aromatic heterocycles. The van der Waals surface area contributed by atoms with Gasteiger partial charge in [0.05, 0.1) is 13.2 Å². The maximum Gasteiger partial charge on any atom is 0.126 e. The van der Waals surface area contributed by atoms with Crippen LogP contribution in [0.25, 0.3) is 11.1 Å². The summed E-state index contributed by atoms with van der Waals surface area (Å²) in [5, 5.41) is 29.9. The van der Waals surface area contributed by atoms with Crippen LogP contribution in [0.15, 0.2) is 158 Å². The summed E-state index contributed by atoms with van der Waals surface area (Å²) >= 11 is 0. The second-order valence-corrected chi connectivity index (χ2v) is 15.0. The van der Waals surface area contributed by atoms with Crippen molar-refractivity contribution in [3.63, 3.8) is 0 Å². The largest absolute Gasteiger partial charge is 0.507 e. The molecule has 8 rings (SSSR count). The highest BCUT2D eigenvalue weighted by molar-refractivity contribution is 5.88. The topological polar surface area (TPSA) is 67.2 Å². The molecule has 7 aromatic carbocycles. The van der Waals surface area contributed by atoms with Gasteiger partial charge in [0, 0.05) is 50.7 Å². The Balaban J connectivity index is 1.15. The zero-order valence-corrected chi connectivity index (χ0v) is 31.6. The molecule has 0 heterocycles. The standard InChI is InChI=1S/C50H46N2O3/c1-34-12-10-18-41(26-34)51(39-14-6-4-7-15-39)43-22-24-45-46-25-23-44(31-48(46)50(2,3)47(45)30-43)52(40-16-8-5-9-17-40)42-19-11-13-35(29-42)20-21-36-27-37(32-53)49(55)38(28-36)33-54/h4-19,22-31,53-55H,20-21,32-33H2,1-3H3. The molecule has 5 nitrogen and oxygen atoms in total. The predicted molar refractivity (Wildman–Crippen MR) is 225 cm³/mol. The van der Waals surface area contributed by atoms with Gasteiger partial charge in [-0.2, -0.15) is 0 Å². The van der Waals surface area contributed by atoms with Crippen molar-refractivity contribution in [2.75, 3.05) is 9.80 Å². The highest BCUT2D eigenvalue weighted by Crippen LogP contribution is 2.52. The molecule has 1 aliphatic rings. The number of fused-ring (bicyclic) bond motifs is 3. The van der Waals surface area contributed by atoms with E-state index in [0.29, 0.717) is 17.5 Å². The lowest BCUT2D eigenvalue weighted by Gasteiger charge is -2.29. The van der Waals surface area contributed by atoms with Crippen LogP contribution in [0, 0.1) is 6.92 Å². The molecule has 0 unspecified atom stereocenters. The number of aryl methyl sites for hydroxylation is 3. The maximum absolute atomic E-state index is 10.4. The second kappa shape index (κ2) is 14.9. The Kier molecular flexibility index (Phi) is 9.75. The molecule has 0 aliphatic heterocycles. The van der Waals surface area contributed by atoms with E-state index in [9.17, 15) is 15.3 Å². The van der Waals surface area contributed by atoms with E-state index in [4.69, 9.17) is 0 Å². The van der Waals surface area contributed by atoms with Gasteiger partial charge in [0.15, 0.2) is 0 Å². The molecule has 55 heavy (non-hydrogen) atoms. The minimum Gasteiger partial charge on any atom is -0.507 e. The predicted octanol–water partition coefficient (Wildman–Crippen LogP) is 11.7. The second-order valence-electron chi connectivity index (χ2n) is 15.0. The summed E-state index contributed by atoms with van der Waals surface area (Å²) in [4.78, 5) is 4.68. The minimum absolute atomic E-state index is 0.0354. The Morgan fingerprint density at radius 2 is 0.909 bits per heavy atom. The number of benzene rings is 7. The number of nitrogens with zero attached hydrogens (tertiary/aromatic N) is 2. The van der Waals surface area contributed by atoms with Gasteiger partial charge >= 0.3 is 0 Å². The lowest BCUT2D eigenvalue weighted by molar-refractivity contribution is 0.263.